The molecule has 2 aliphatic rings. The van der Waals surface area contributed by atoms with Crippen molar-refractivity contribution >= 4 is 17.1 Å². The Labute approximate surface area is 107 Å². The molecule has 2 bridgehead atoms. The van der Waals surface area contributed by atoms with E-state index in [4.69, 9.17) is 0 Å². The van der Waals surface area contributed by atoms with Gasteiger partial charge in [-0.3, -0.25) is 4.79 Å². The normalized spacial score (nSPS) is 30.9. The highest BCUT2D eigenvalue weighted by Gasteiger charge is 2.39. The molecule has 2 fully saturated rings. The third-order valence-corrected chi connectivity index (χ3v) is 5.38. The molecule has 1 heterocycles. The molecule has 0 N–H and O–H groups in total. The molecule has 1 aromatic heterocycles. The van der Waals surface area contributed by atoms with Crippen molar-refractivity contribution in [2.24, 2.45) is 17.8 Å². The lowest BCUT2D eigenvalue weighted by molar-refractivity contribution is -0.120. The lowest BCUT2D eigenvalue weighted by Crippen LogP contribution is -2.15. The third-order valence-electron chi connectivity index (χ3n) is 4.65. The van der Waals surface area contributed by atoms with Crippen molar-refractivity contribution in [1.82, 2.24) is 0 Å². The zero-order chi connectivity index (χ0) is 11.7. The molecule has 17 heavy (non-hydrogen) atoms. The Balaban J connectivity index is 1.44. The number of thiophene rings is 1. The Morgan fingerprint density at radius 2 is 2.29 bits per heavy atom. The minimum absolute atomic E-state index is 0.494. The summed E-state index contributed by atoms with van der Waals surface area (Å²) in [6.45, 7) is 0. The zero-order valence-corrected chi connectivity index (χ0v) is 11.0. The van der Waals surface area contributed by atoms with Crippen molar-refractivity contribution in [2.45, 2.75) is 44.9 Å². The molecule has 2 heteroatoms. The van der Waals surface area contributed by atoms with E-state index in [2.05, 4.69) is 16.8 Å². The smallest absolute Gasteiger partial charge is 0.133 e. The van der Waals surface area contributed by atoms with Gasteiger partial charge in [0.15, 0.2) is 0 Å². The summed E-state index contributed by atoms with van der Waals surface area (Å²) in [4.78, 5) is 12.0. The van der Waals surface area contributed by atoms with Crippen LogP contribution in [0.25, 0.3) is 0 Å². The van der Waals surface area contributed by atoms with Crippen molar-refractivity contribution in [3.63, 3.8) is 0 Å². The van der Waals surface area contributed by atoms with E-state index < -0.39 is 0 Å². The van der Waals surface area contributed by atoms with Gasteiger partial charge in [0.1, 0.15) is 5.78 Å². The van der Waals surface area contributed by atoms with Crippen LogP contribution in [0.5, 0.6) is 0 Å². The first kappa shape index (κ1) is 11.5. The number of ketones is 1. The van der Waals surface area contributed by atoms with Crippen LogP contribution in [0, 0.1) is 17.8 Å². The van der Waals surface area contributed by atoms with Gasteiger partial charge in [0.05, 0.1) is 0 Å². The van der Waals surface area contributed by atoms with Crippen LogP contribution in [-0.2, 0) is 11.2 Å². The highest BCUT2D eigenvalue weighted by Crippen LogP contribution is 2.49. The maximum atomic E-state index is 12.0. The van der Waals surface area contributed by atoms with Gasteiger partial charge in [0.2, 0.25) is 0 Å². The summed E-state index contributed by atoms with van der Waals surface area (Å²) >= 11 is 1.72. The average Bonchev–Trinajstić information content (AvgIpc) is 3.03. The number of rotatable bonds is 5. The fourth-order valence-electron chi connectivity index (χ4n) is 3.74. The molecule has 0 saturated heterocycles. The minimum Gasteiger partial charge on any atom is -0.300 e. The molecule has 0 radical (unpaired) electrons. The van der Waals surface area contributed by atoms with Crippen LogP contribution >= 0.6 is 11.3 Å². The molecular weight excluding hydrogens is 228 g/mol. The molecule has 0 aromatic carbocycles. The number of aryl methyl sites for hydroxylation is 1. The van der Waals surface area contributed by atoms with Crippen LogP contribution < -0.4 is 0 Å². The van der Waals surface area contributed by atoms with Gasteiger partial charge in [-0.25, -0.2) is 0 Å². The van der Waals surface area contributed by atoms with Crippen molar-refractivity contribution in [2.75, 3.05) is 0 Å². The molecule has 3 unspecified atom stereocenters. The average molecular weight is 248 g/mol. The first-order valence-corrected chi connectivity index (χ1v) is 7.78. The SMILES string of the molecule is O=C(CCc1ccsc1)CC1CC2CCC1C2. The Morgan fingerprint density at radius 1 is 1.35 bits per heavy atom. The van der Waals surface area contributed by atoms with Crippen LogP contribution in [0.4, 0.5) is 0 Å². The summed E-state index contributed by atoms with van der Waals surface area (Å²) in [5.74, 6) is 3.09. The molecule has 1 aromatic rings. The van der Waals surface area contributed by atoms with Gasteiger partial charge in [0, 0.05) is 12.8 Å². The topological polar surface area (TPSA) is 17.1 Å². The minimum atomic E-state index is 0.494. The number of hydrogen-bond donors (Lipinski definition) is 0. The Morgan fingerprint density at radius 3 is 2.94 bits per heavy atom. The van der Waals surface area contributed by atoms with E-state index in [1.807, 2.05) is 0 Å². The number of Topliss-reactive ketones (excluding diaryl/α,β-unsaturated/α-hetero) is 1. The molecule has 2 saturated carbocycles. The fourth-order valence-corrected chi connectivity index (χ4v) is 4.44. The summed E-state index contributed by atoms with van der Waals surface area (Å²) in [5, 5.41) is 4.25. The lowest BCUT2D eigenvalue weighted by Gasteiger charge is -2.20. The number of fused-ring (bicyclic) bond motifs is 2. The van der Waals surface area contributed by atoms with Crippen molar-refractivity contribution in [1.29, 1.82) is 0 Å². The second-order valence-electron chi connectivity index (χ2n) is 5.81. The zero-order valence-electron chi connectivity index (χ0n) is 10.2. The number of carbonyl (C=O) groups excluding carboxylic acids is 1. The van der Waals surface area contributed by atoms with E-state index in [9.17, 15) is 4.79 Å². The van der Waals surface area contributed by atoms with Gasteiger partial charge in [-0.2, -0.15) is 11.3 Å². The van der Waals surface area contributed by atoms with Crippen LogP contribution in [0.3, 0.4) is 0 Å². The van der Waals surface area contributed by atoms with Crippen molar-refractivity contribution in [3.8, 4) is 0 Å². The fraction of sp³-hybridized carbons (Fsp3) is 0.667. The number of carbonyl (C=O) groups is 1. The van der Waals surface area contributed by atoms with Crippen LogP contribution in [0.1, 0.15) is 44.1 Å². The van der Waals surface area contributed by atoms with E-state index in [0.717, 1.165) is 37.0 Å². The van der Waals surface area contributed by atoms with Gasteiger partial charge in [-0.05, 0) is 65.8 Å². The predicted molar refractivity (Wildman–Crippen MR) is 71.2 cm³/mol. The Bertz CT molecular complexity index is 382. The molecule has 92 valence electrons. The first-order valence-electron chi connectivity index (χ1n) is 6.84. The summed E-state index contributed by atoms with van der Waals surface area (Å²) in [6, 6.07) is 2.13. The summed E-state index contributed by atoms with van der Waals surface area (Å²) in [5.41, 5.74) is 1.33. The van der Waals surface area contributed by atoms with Crippen LogP contribution in [-0.4, -0.2) is 5.78 Å². The molecule has 3 rings (SSSR count). The Kier molecular flexibility index (Phi) is 3.32. The molecule has 0 spiro atoms. The largest absolute Gasteiger partial charge is 0.300 e. The summed E-state index contributed by atoms with van der Waals surface area (Å²) in [7, 11) is 0. The van der Waals surface area contributed by atoms with Gasteiger partial charge >= 0.3 is 0 Å². The Hall–Kier alpha value is -0.630. The molecule has 0 aliphatic heterocycles. The van der Waals surface area contributed by atoms with Gasteiger partial charge in [-0.15, -0.1) is 0 Å². The van der Waals surface area contributed by atoms with E-state index >= 15 is 0 Å². The lowest BCUT2D eigenvalue weighted by atomic mass is 9.84. The standard InChI is InChI=1S/C15H20OS/c16-15(4-2-11-5-6-17-10-11)9-14-8-12-1-3-13(14)7-12/h5-6,10,12-14H,1-4,7-9H2. The first-order chi connectivity index (χ1) is 8.31. The van der Waals surface area contributed by atoms with E-state index in [1.165, 1.54) is 31.2 Å². The summed E-state index contributed by atoms with van der Waals surface area (Å²) < 4.78 is 0. The van der Waals surface area contributed by atoms with Crippen LogP contribution in [0.15, 0.2) is 16.8 Å². The quantitative estimate of drug-likeness (QED) is 0.767. The highest BCUT2D eigenvalue weighted by atomic mass is 32.1. The predicted octanol–water partition coefficient (Wildman–Crippen LogP) is 4.08. The maximum Gasteiger partial charge on any atom is 0.133 e. The van der Waals surface area contributed by atoms with Gasteiger partial charge in [0.25, 0.3) is 0 Å². The second kappa shape index (κ2) is 4.93. The van der Waals surface area contributed by atoms with Gasteiger partial charge < -0.3 is 0 Å². The highest BCUT2D eigenvalue weighted by molar-refractivity contribution is 7.07. The van der Waals surface area contributed by atoms with E-state index in [1.54, 1.807) is 11.3 Å². The number of hydrogen-bond acceptors (Lipinski definition) is 2. The van der Waals surface area contributed by atoms with Crippen molar-refractivity contribution < 1.29 is 4.79 Å². The third kappa shape index (κ3) is 2.62. The van der Waals surface area contributed by atoms with Crippen LogP contribution in [0.2, 0.25) is 0 Å². The second-order valence-corrected chi connectivity index (χ2v) is 6.59. The monoisotopic (exact) mass is 248 g/mol. The molecule has 1 nitrogen and oxygen atoms in total. The van der Waals surface area contributed by atoms with E-state index in [0.29, 0.717) is 5.78 Å². The van der Waals surface area contributed by atoms with Gasteiger partial charge in [-0.1, -0.05) is 6.42 Å². The molecular formula is C15H20OS. The summed E-state index contributed by atoms with van der Waals surface area (Å²) in [6.07, 6.45) is 8.16. The molecule has 0 amide bonds. The molecule has 2 aliphatic carbocycles. The van der Waals surface area contributed by atoms with Crippen molar-refractivity contribution in [3.05, 3.63) is 22.4 Å². The van der Waals surface area contributed by atoms with E-state index in [-0.39, 0.29) is 0 Å². The maximum absolute atomic E-state index is 12.0. The molecule has 3 atom stereocenters.